The van der Waals surface area contributed by atoms with Crippen molar-refractivity contribution < 1.29 is 14.3 Å². The zero-order chi connectivity index (χ0) is 19.2. The molecule has 0 radical (unpaired) electrons. The number of rotatable bonds is 6. The van der Waals surface area contributed by atoms with Crippen LogP contribution >= 0.6 is 11.3 Å². The Morgan fingerprint density at radius 1 is 1.48 bits per heavy atom. The molecule has 27 heavy (non-hydrogen) atoms. The van der Waals surface area contributed by atoms with Crippen molar-refractivity contribution in [2.75, 3.05) is 39.2 Å². The molecule has 1 aromatic carbocycles. The minimum Gasteiger partial charge on any atom is -0.493 e. The van der Waals surface area contributed by atoms with Crippen LogP contribution in [0.25, 0.3) is 0 Å². The van der Waals surface area contributed by atoms with Gasteiger partial charge in [0.25, 0.3) is 5.91 Å². The number of carbonyl (C=O) groups excluding carboxylic acids is 1. The van der Waals surface area contributed by atoms with Crippen LogP contribution in [-0.2, 0) is 0 Å². The van der Waals surface area contributed by atoms with Crippen molar-refractivity contribution in [2.45, 2.75) is 12.8 Å². The number of thiazole rings is 1. The molecule has 1 fully saturated rings. The van der Waals surface area contributed by atoms with Gasteiger partial charge in [-0.1, -0.05) is 0 Å². The van der Waals surface area contributed by atoms with E-state index >= 15 is 0 Å². The van der Waals surface area contributed by atoms with Gasteiger partial charge in [-0.05, 0) is 25.0 Å². The molecule has 8 heteroatoms. The van der Waals surface area contributed by atoms with Crippen molar-refractivity contribution in [1.29, 1.82) is 5.26 Å². The molecule has 0 saturated carbocycles. The summed E-state index contributed by atoms with van der Waals surface area (Å²) in [6, 6.07) is 7.20. The highest BCUT2D eigenvalue weighted by Crippen LogP contribution is 2.29. The van der Waals surface area contributed by atoms with E-state index in [9.17, 15) is 4.79 Å². The maximum absolute atomic E-state index is 12.7. The summed E-state index contributed by atoms with van der Waals surface area (Å²) in [4.78, 5) is 18.8. The predicted molar refractivity (Wildman–Crippen MR) is 103 cm³/mol. The number of nitrogens with zero attached hydrogens (tertiary/aromatic N) is 3. The van der Waals surface area contributed by atoms with Crippen molar-refractivity contribution >= 4 is 22.4 Å². The number of anilines is 1. The van der Waals surface area contributed by atoms with Gasteiger partial charge >= 0.3 is 0 Å². The van der Waals surface area contributed by atoms with Crippen LogP contribution in [0.5, 0.6) is 11.5 Å². The fourth-order valence-electron chi connectivity index (χ4n) is 3.10. The molecule has 7 nitrogen and oxygen atoms in total. The van der Waals surface area contributed by atoms with E-state index in [0.29, 0.717) is 35.9 Å². The van der Waals surface area contributed by atoms with E-state index in [-0.39, 0.29) is 11.8 Å². The van der Waals surface area contributed by atoms with E-state index < -0.39 is 0 Å². The first-order valence-electron chi connectivity index (χ1n) is 8.78. The third kappa shape index (κ3) is 4.49. The fourth-order valence-corrected chi connectivity index (χ4v) is 3.74. The lowest BCUT2D eigenvalue weighted by atomic mass is 9.98. The first kappa shape index (κ1) is 19.0. The van der Waals surface area contributed by atoms with Crippen molar-refractivity contribution in [3.8, 4) is 17.6 Å². The minimum absolute atomic E-state index is 0.0339. The van der Waals surface area contributed by atoms with Crippen LogP contribution in [0, 0.1) is 17.2 Å². The Bertz CT molecular complexity index is 846. The zero-order valence-electron chi connectivity index (χ0n) is 15.4. The van der Waals surface area contributed by atoms with Gasteiger partial charge in [-0.25, -0.2) is 4.98 Å². The maximum atomic E-state index is 12.7. The normalized spacial score (nSPS) is 16.5. The molecule has 3 rings (SSSR count). The topological polar surface area (TPSA) is 87.5 Å². The molecule has 0 spiro atoms. The lowest BCUT2D eigenvalue weighted by molar-refractivity contribution is 0.0627. The van der Waals surface area contributed by atoms with Crippen molar-refractivity contribution in [3.05, 3.63) is 34.8 Å². The molecule has 2 heterocycles. The van der Waals surface area contributed by atoms with Gasteiger partial charge in [-0.2, -0.15) is 5.26 Å². The van der Waals surface area contributed by atoms with Crippen LogP contribution in [0.2, 0.25) is 0 Å². The second-order valence-electron chi connectivity index (χ2n) is 6.34. The van der Waals surface area contributed by atoms with E-state index in [1.165, 1.54) is 11.3 Å². The Balaban J connectivity index is 1.60. The SMILES string of the molecule is CNc1nc(C(=O)N2CCCC(COc3ccc(C#N)cc3OC)C2)cs1. The molecular weight excluding hydrogens is 364 g/mol. The number of ether oxygens (including phenoxy) is 2. The second-order valence-corrected chi connectivity index (χ2v) is 7.19. The molecule has 1 aliphatic rings. The van der Waals surface area contributed by atoms with E-state index in [0.717, 1.165) is 24.5 Å². The van der Waals surface area contributed by atoms with Gasteiger partial charge in [0.1, 0.15) is 5.69 Å². The molecule has 0 aliphatic carbocycles. The Morgan fingerprint density at radius 2 is 2.33 bits per heavy atom. The fraction of sp³-hybridized carbons (Fsp3) is 0.421. The number of aromatic nitrogens is 1. The van der Waals surface area contributed by atoms with Gasteiger partial charge in [0.2, 0.25) is 0 Å². The van der Waals surface area contributed by atoms with Crippen molar-refractivity contribution in [2.24, 2.45) is 5.92 Å². The summed E-state index contributed by atoms with van der Waals surface area (Å²) in [7, 11) is 3.34. The van der Waals surface area contributed by atoms with E-state index in [2.05, 4.69) is 16.4 Å². The molecule has 1 saturated heterocycles. The number of amides is 1. The number of hydrogen-bond acceptors (Lipinski definition) is 7. The summed E-state index contributed by atoms with van der Waals surface area (Å²) >= 11 is 1.43. The van der Waals surface area contributed by atoms with Crippen LogP contribution in [0.4, 0.5) is 5.13 Å². The number of hydrogen-bond donors (Lipinski definition) is 1. The molecule has 142 valence electrons. The highest BCUT2D eigenvalue weighted by Gasteiger charge is 2.26. The molecule has 1 atom stereocenters. The summed E-state index contributed by atoms with van der Waals surface area (Å²) in [5, 5.41) is 14.5. The highest BCUT2D eigenvalue weighted by atomic mass is 32.1. The highest BCUT2D eigenvalue weighted by molar-refractivity contribution is 7.13. The second kappa shape index (κ2) is 8.73. The van der Waals surface area contributed by atoms with Gasteiger partial charge in [0.15, 0.2) is 16.6 Å². The average molecular weight is 386 g/mol. The molecule has 1 aromatic heterocycles. The lowest BCUT2D eigenvalue weighted by Crippen LogP contribution is -2.41. The largest absolute Gasteiger partial charge is 0.493 e. The third-order valence-electron chi connectivity index (χ3n) is 4.51. The Labute approximate surface area is 162 Å². The molecule has 1 aliphatic heterocycles. The van der Waals surface area contributed by atoms with Crippen LogP contribution in [0.1, 0.15) is 28.9 Å². The standard InChI is InChI=1S/C19H22N4O3S/c1-21-19-22-15(12-27-19)18(24)23-7-3-4-14(10-23)11-26-16-6-5-13(9-20)8-17(16)25-2/h5-6,8,12,14H,3-4,7,10-11H2,1-2H3,(H,21,22). The number of nitrogens with one attached hydrogen (secondary N) is 1. The Kier molecular flexibility index (Phi) is 6.14. The molecule has 2 aromatic rings. The quantitative estimate of drug-likeness (QED) is 0.821. The minimum atomic E-state index is -0.0339. The van der Waals surface area contributed by atoms with E-state index in [1.54, 1.807) is 37.7 Å². The summed E-state index contributed by atoms with van der Waals surface area (Å²) in [6.45, 7) is 1.87. The predicted octanol–water partition coefficient (Wildman–Crippen LogP) is 3.00. The number of likely N-dealkylation sites (tertiary alicyclic amines) is 1. The van der Waals surface area contributed by atoms with Crippen LogP contribution in [-0.4, -0.2) is 49.6 Å². The van der Waals surface area contributed by atoms with Gasteiger partial charge in [0.05, 0.1) is 25.3 Å². The van der Waals surface area contributed by atoms with Gasteiger partial charge in [-0.3, -0.25) is 4.79 Å². The first-order valence-corrected chi connectivity index (χ1v) is 9.66. The number of carbonyl (C=O) groups is 1. The number of benzene rings is 1. The summed E-state index contributed by atoms with van der Waals surface area (Å²) in [6.07, 6.45) is 1.94. The maximum Gasteiger partial charge on any atom is 0.273 e. The summed E-state index contributed by atoms with van der Waals surface area (Å²) in [5.41, 5.74) is 1.01. The van der Waals surface area contributed by atoms with Gasteiger partial charge in [-0.15, -0.1) is 11.3 Å². The van der Waals surface area contributed by atoms with Gasteiger partial charge < -0.3 is 19.7 Å². The monoisotopic (exact) mass is 386 g/mol. The van der Waals surface area contributed by atoms with Crippen LogP contribution < -0.4 is 14.8 Å². The lowest BCUT2D eigenvalue weighted by Gasteiger charge is -2.32. The van der Waals surface area contributed by atoms with E-state index in [4.69, 9.17) is 14.7 Å². The molecule has 0 bridgehead atoms. The number of piperidine rings is 1. The van der Waals surface area contributed by atoms with Crippen LogP contribution in [0.3, 0.4) is 0 Å². The van der Waals surface area contributed by atoms with Crippen LogP contribution in [0.15, 0.2) is 23.6 Å². The molecule has 1 N–H and O–H groups in total. The van der Waals surface area contributed by atoms with E-state index in [1.807, 2.05) is 4.90 Å². The Morgan fingerprint density at radius 3 is 3.04 bits per heavy atom. The summed E-state index contributed by atoms with van der Waals surface area (Å²) in [5.74, 6) is 1.36. The average Bonchev–Trinajstić information content (AvgIpc) is 3.21. The molecule has 1 amide bonds. The molecular formula is C19H22N4O3S. The molecule has 1 unspecified atom stereocenters. The first-order chi connectivity index (χ1) is 13.1. The Hall–Kier alpha value is -2.79. The smallest absolute Gasteiger partial charge is 0.273 e. The van der Waals surface area contributed by atoms with Gasteiger partial charge in [0, 0.05) is 37.5 Å². The summed E-state index contributed by atoms with van der Waals surface area (Å²) < 4.78 is 11.2. The number of nitriles is 1. The zero-order valence-corrected chi connectivity index (χ0v) is 16.2. The van der Waals surface area contributed by atoms with Crippen molar-refractivity contribution in [3.63, 3.8) is 0 Å². The van der Waals surface area contributed by atoms with Crippen molar-refractivity contribution in [1.82, 2.24) is 9.88 Å². The third-order valence-corrected chi connectivity index (χ3v) is 5.37. The number of methoxy groups -OCH3 is 1.